The fraction of sp³-hybridized carbons (Fsp3) is 0.462. The molecular weight excluding hydrogens is 202 g/mol. The van der Waals surface area contributed by atoms with Gasteiger partial charge in [0.15, 0.2) is 11.5 Å². The van der Waals surface area contributed by atoms with Crippen LogP contribution >= 0.6 is 0 Å². The molecule has 0 radical (unpaired) electrons. The molecule has 16 heavy (non-hydrogen) atoms. The van der Waals surface area contributed by atoms with Gasteiger partial charge in [-0.05, 0) is 37.8 Å². The highest BCUT2D eigenvalue weighted by molar-refractivity contribution is 5.46. The lowest BCUT2D eigenvalue weighted by molar-refractivity contribution is 0.200. The van der Waals surface area contributed by atoms with Crippen LogP contribution in [0.5, 0.6) is 11.5 Å². The first-order valence-electron chi connectivity index (χ1n) is 5.58. The summed E-state index contributed by atoms with van der Waals surface area (Å²) in [4.78, 5) is 0. The Balaban J connectivity index is 2.19. The Morgan fingerprint density at radius 1 is 1.25 bits per heavy atom. The van der Waals surface area contributed by atoms with Crippen LogP contribution in [0.4, 0.5) is 0 Å². The van der Waals surface area contributed by atoms with Crippen LogP contribution in [0.2, 0.25) is 0 Å². The zero-order valence-corrected chi connectivity index (χ0v) is 9.40. The summed E-state index contributed by atoms with van der Waals surface area (Å²) in [5, 5.41) is 8.84. The molecule has 3 nitrogen and oxygen atoms in total. The first-order valence-corrected chi connectivity index (χ1v) is 5.58. The van der Waals surface area contributed by atoms with E-state index in [1.54, 1.807) is 25.3 Å². The quantitative estimate of drug-likeness (QED) is 0.781. The molecule has 0 amide bonds. The molecule has 0 bridgehead atoms. The summed E-state index contributed by atoms with van der Waals surface area (Å²) in [6.45, 7) is 0. The van der Waals surface area contributed by atoms with E-state index in [1.807, 2.05) is 0 Å². The Morgan fingerprint density at radius 2 is 2.00 bits per heavy atom. The fourth-order valence-electron chi connectivity index (χ4n) is 2.02. The minimum atomic E-state index is 0.280. The molecule has 3 heteroatoms. The van der Waals surface area contributed by atoms with Crippen molar-refractivity contribution in [1.29, 1.82) is 5.26 Å². The molecule has 1 fully saturated rings. The van der Waals surface area contributed by atoms with Crippen LogP contribution in [0.3, 0.4) is 0 Å². The largest absolute Gasteiger partial charge is 0.493 e. The van der Waals surface area contributed by atoms with Gasteiger partial charge in [-0.1, -0.05) is 0 Å². The van der Waals surface area contributed by atoms with Crippen molar-refractivity contribution in [2.75, 3.05) is 7.11 Å². The number of hydrogen-bond donors (Lipinski definition) is 0. The van der Waals surface area contributed by atoms with Gasteiger partial charge in [0.05, 0.1) is 24.8 Å². The maximum Gasteiger partial charge on any atom is 0.162 e. The Labute approximate surface area is 95.6 Å². The van der Waals surface area contributed by atoms with E-state index >= 15 is 0 Å². The van der Waals surface area contributed by atoms with Crippen LogP contribution in [0.25, 0.3) is 0 Å². The van der Waals surface area contributed by atoms with E-state index in [-0.39, 0.29) is 6.10 Å². The van der Waals surface area contributed by atoms with Gasteiger partial charge in [0.25, 0.3) is 0 Å². The van der Waals surface area contributed by atoms with Crippen molar-refractivity contribution in [3.05, 3.63) is 23.8 Å². The molecule has 1 aromatic carbocycles. The van der Waals surface area contributed by atoms with Crippen molar-refractivity contribution >= 4 is 0 Å². The molecule has 0 N–H and O–H groups in total. The summed E-state index contributed by atoms with van der Waals surface area (Å²) in [5.41, 5.74) is 0.605. The van der Waals surface area contributed by atoms with Gasteiger partial charge in [0.2, 0.25) is 0 Å². The van der Waals surface area contributed by atoms with Gasteiger partial charge >= 0.3 is 0 Å². The second-order valence-electron chi connectivity index (χ2n) is 4.00. The number of benzene rings is 1. The van der Waals surface area contributed by atoms with Crippen LogP contribution in [-0.4, -0.2) is 13.2 Å². The second kappa shape index (κ2) is 4.89. The number of nitrogens with zero attached hydrogens (tertiary/aromatic N) is 1. The summed E-state index contributed by atoms with van der Waals surface area (Å²) < 4.78 is 11.1. The predicted molar refractivity (Wildman–Crippen MR) is 60.6 cm³/mol. The van der Waals surface area contributed by atoms with E-state index < -0.39 is 0 Å². The zero-order chi connectivity index (χ0) is 11.4. The third kappa shape index (κ3) is 2.27. The van der Waals surface area contributed by atoms with Crippen LogP contribution in [0.15, 0.2) is 18.2 Å². The Morgan fingerprint density at radius 3 is 2.62 bits per heavy atom. The normalized spacial score (nSPS) is 15.8. The molecule has 0 saturated heterocycles. The van der Waals surface area contributed by atoms with Crippen LogP contribution < -0.4 is 9.47 Å². The molecule has 2 rings (SSSR count). The predicted octanol–water partition coefficient (Wildman–Crippen LogP) is 2.89. The van der Waals surface area contributed by atoms with Gasteiger partial charge < -0.3 is 9.47 Å². The van der Waals surface area contributed by atoms with E-state index in [2.05, 4.69) is 6.07 Å². The smallest absolute Gasteiger partial charge is 0.162 e. The summed E-state index contributed by atoms with van der Waals surface area (Å²) in [6, 6.07) is 7.37. The lowest BCUT2D eigenvalue weighted by atomic mass is 10.2. The third-order valence-electron chi connectivity index (χ3n) is 2.89. The van der Waals surface area contributed by atoms with Crippen LogP contribution in [0.1, 0.15) is 31.2 Å². The van der Waals surface area contributed by atoms with E-state index in [0.717, 1.165) is 12.8 Å². The molecule has 0 atom stereocenters. The van der Waals surface area contributed by atoms with Gasteiger partial charge in [-0.3, -0.25) is 0 Å². The Hall–Kier alpha value is -1.69. The van der Waals surface area contributed by atoms with Crippen LogP contribution in [-0.2, 0) is 0 Å². The summed E-state index contributed by atoms with van der Waals surface area (Å²) in [5.74, 6) is 1.39. The first-order chi connectivity index (χ1) is 7.83. The van der Waals surface area contributed by atoms with E-state index in [0.29, 0.717) is 17.1 Å². The first kappa shape index (κ1) is 10.8. The topological polar surface area (TPSA) is 42.2 Å². The van der Waals surface area contributed by atoms with E-state index in [9.17, 15) is 0 Å². The fourth-order valence-corrected chi connectivity index (χ4v) is 2.02. The summed E-state index contributed by atoms with van der Waals surface area (Å²) in [7, 11) is 1.61. The molecule has 1 aliphatic rings. The molecule has 0 spiro atoms. The average molecular weight is 217 g/mol. The molecule has 0 unspecified atom stereocenters. The third-order valence-corrected chi connectivity index (χ3v) is 2.89. The Kier molecular flexibility index (Phi) is 3.31. The highest BCUT2D eigenvalue weighted by atomic mass is 16.5. The van der Waals surface area contributed by atoms with Crippen molar-refractivity contribution in [2.45, 2.75) is 31.8 Å². The number of methoxy groups -OCH3 is 1. The average Bonchev–Trinajstić information content (AvgIpc) is 2.82. The van der Waals surface area contributed by atoms with Crippen LogP contribution in [0, 0.1) is 11.3 Å². The maximum absolute atomic E-state index is 8.84. The molecule has 1 aliphatic carbocycles. The van der Waals surface area contributed by atoms with Crippen molar-refractivity contribution in [2.24, 2.45) is 0 Å². The highest BCUT2D eigenvalue weighted by Gasteiger charge is 2.18. The van der Waals surface area contributed by atoms with Gasteiger partial charge in [-0.15, -0.1) is 0 Å². The maximum atomic E-state index is 8.84. The number of nitriles is 1. The number of hydrogen-bond acceptors (Lipinski definition) is 3. The summed E-state index contributed by atoms with van der Waals surface area (Å²) >= 11 is 0. The van der Waals surface area contributed by atoms with E-state index in [1.165, 1.54) is 12.8 Å². The molecule has 0 heterocycles. The molecule has 1 aromatic rings. The molecule has 1 saturated carbocycles. The molecule has 0 aliphatic heterocycles. The molecule has 84 valence electrons. The van der Waals surface area contributed by atoms with E-state index in [4.69, 9.17) is 14.7 Å². The van der Waals surface area contributed by atoms with Gasteiger partial charge in [-0.2, -0.15) is 5.26 Å². The Bertz CT molecular complexity index is 403. The lowest BCUT2D eigenvalue weighted by Crippen LogP contribution is -2.11. The monoisotopic (exact) mass is 217 g/mol. The summed E-state index contributed by atoms with van der Waals surface area (Å²) in [6.07, 6.45) is 4.93. The zero-order valence-electron chi connectivity index (χ0n) is 9.40. The van der Waals surface area contributed by atoms with Crippen molar-refractivity contribution in [1.82, 2.24) is 0 Å². The standard InChI is InChI=1S/C13H15NO2/c1-15-12-7-6-10(9-14)8-13(12)16-11-4-2-3-5-11/h6-8,11H,2-5H2,1H3. The SMILES string of the molecule is COc1ccc(C#N)cc1OC1CCCC1. The van der Waals surface area contributed by atoms with Gasteiger partial charge in [-0.25, -0.2) is 0 Å². The highest BCUT2D eigenvalue weighted by Crippen LogP contribution is 2.32. The van der Waals surface area contributed by atoms with Gasteiger partial charge in [0.1, 0.15) is 0 Å². The minimum absolute atomic E-state index is 0.280. The lowest BCUT2D eigenvalue weighted by Gasteiger charge is -2.15. The van der Waals surface area contributed by atoms with Crippen molar-refractivity contribution in [3.8, 4) is 17.6 Å². The minimum Gasteiger partial charge on any atom is -0.493 e. The van der Waals surface area contributed by atoms with Crippen molar-refractivity contribution in [3.63, 3.8) is 0 Å². The van der Waals surface area contributed by atoms with Crippen molar-refractivity contribution < 1.29 is 9.47 Å². The second-order valence-corrected chi connectivity index (χ2v) is 4.00. The number of ether oxygens (including phenoxy) is 2. The molecule has 0 aromatic heterocycles. The number of rotatable bonds is 3. The van der Waals surface area contributed by atoms with Gasteiger partial charge in [0, 0.05) is 6.07 Å². The molecular formula is C13H15NO2.